The van der Waals surface area contributed by atoms with Gasteiger partial charge < -0.3 is 10.6 Å². The molecule has 1 aliphatic carbocycles. The fraction of sp³-hybridized carbons (Fsp3) is 0.533. The number of hydrogen-bond donors (Lipinski definition) is 1. The summed E-state index contributed by atoms with van der Waals surface area (Å²) in [7, 11) is 0. The van der Waals surface area contributed by atoms with Gasteiger partial charge in [-0.1, -0.05) is 23.7 Å². The molecule has 0 spiro atoms. The van der Waals surface area contributed by atoms with E-state index < -0.39 is 0 Å². The second kappa shape index (κ2) is 6.40. The molecule has 0 bridgehead atoms. The maximum Gasteiger partial charge on any atom is 0.223 e. The van der Waals surface area contributed by atoms with Crippen molar-refractivity contribution >= 4 is 17.5 Å². The van der Waals surface area contributed by atoms with E-state index in [0.717, 1.165) is 29.8 Å². The first-order valence-electron chi connectivity index (χ1n) is 6.86. The highest BCUT2D eigenvalue weighted by atomic mass is 35.5. The first kappa shape index (κ1) is 14.4. The number of halogens is 1. The fourth-order valence-electron chi connectivity index (χ4n) is 2.09. The Kier molecular flexibility index (Phi) is 4.83. The lowest BCUT2D eigenvalue weighted by Crippen LogP contribution is -2.33. The maximum absolute atomic E-state index is 12.2. The summed E-state index contributed by atoms with van der Waals surface area (Å²) < 4.78 is 0. The van der Waals surface area contributed by atoms with Gasteiger partial charge in [-0.15, -0.1) is 0 Å². The van der Waals surface area contributed by atoms with Crippen LogP contribution in [0.15, 0.2) is 24.3 Å². The zero-order valence-electron chi connectivity index (χ0n) is 11.3. The van der Waals surface area contributed by atoms with Crippen LogP contribution in [-0.4, -0.2) is 22.9 Å². The molecule has 0 aliphatic heterocycles. The van der Waals surface area contributed by atoms with Gasteiger partial charge in [-0.05, 0) is 43.9 Å². The third-order valence-corrected chi connectivity index (χ3v) is 3.64. The summed E-state index contributed by atoms with van der Waals surface area (Å²) in [6.45, 7) is 2.62. The van der Waals surface area contributed by atoms with Crippen LogP contribution in [0.1, 0.15) is 38.2 Å². The molecule has 3 nitrogen and oxygen atoms in total. The van der Waals surface area contributed by atoms with Gasteiger partial charge >= 0.3 is 0 Å². The molecule has 1 aromatic carbocycles. The van der Waals surface area contributed by atoms with Crippen molar-refractivity contribution in [3.05, 3.63) is 34.9 Å². The third kappa shape index (κ3) is 4.51. The summed E-state index contributed by atoms with van der Waals surface area (Å²) in [6, 6.07) is 8.22. The lowest BCUT2D eigenvalue weighted by Gasteiger charge is -2.23. The molecule has 1 aromatic rings. The molecule has 0 heterocycles. The molecule has 1 fully saturated rings. The number of carbonyl (C=O) groups excluding carboxylic acids is 1. The summed E-state index contributed by atoms with van der Waals surface area (Å²) in [5, 5.41) is 0.727. The van der Waals surface area contributed by atoms with Crippen LogP contribution in [0.5, 0.6) is 0 Å². The molecule has 19 heavy (non-hydrogen) atoms. The van der Waals surface area contributed by atoms with Gasteiger partial charge in [-0.25, -0.2) is 0 Å². The summed E-state index contributed by atoms with van der Waals surface area (Å²) in [6.07, 6.45) is 3.54. The van der Waals surface area contributed by atoms with Crippen LogP contribution in [-0.2, 0) is 11.3 Å². The van der Waals surface area contributed by atoms with Crippen molar-refractivity contribution in [1.82, 2.24) is 4.90 Å². The summed E-state index contributed by atoms with van der Waals surface area (Å²) in [5.41, 5.74) is 6.85. The van der Waals surface area contributed by atoms with Crippen LogP contribution in [0.3, 0.4) is 0 Å². The largest absolute Gasteiger partial charge is 0.335 e. The Morgan fingerprint density at radius 2 is 2.05 bits per heavy atom. The highest BCUT2D eigenvalue weighted by Gasteiger charge is 2.32. The molecule has 1 unspecified atom stereocenters. The number of nitrogens with two attached hydrogens (primary N) is 1. The number of nitrogens with zero attached hydrogens (tertiary/aromatic N) is 1. The van der Waals surface area contributed by atoms with Crippen molar-refractivity contribution in [3.63, 3.8) is 0 Å². The van der Waals surface area contributed by atoms with Crippen molar-refractivity contribution in [2.75, 3.05) is 0 Å². The number of rotatable bonds is 6. The summed E-state index contributed by atoms with van der Waals surface area (Å²) in [5.74, 6) is 0.217. The summed E-state index contributed by atoms with van der Waals surface area (Å²) >= 11 is 5.88. The van der Waals surface area contributed by atoms with Crippen LogP contribution in [0.25, 0.3) is 0 Å². The van der Waals surface area contributed by atoms with Crippen LogP contribution in [0, 0.1) is 0 Å². The Balaban J connectivity index is 1.96. The molecular formula is C15H21ClN2O. The molecule has 104 valence electrons. The molecule has 1 amide bonds. The number of carbonyl (C=O) groups is 1. The molecule has 0 saturated heterocycles. The summed E-state index contributed by atoms with van der Waals surface area (Å²) in [4.78, 5) is 14.2. The van der Waals surface area contributed by atoms with E-state index in [1.165, 1.54) is 0 Å². The fourth-order valence-corrected chi connectivity index (χ4v) is 2.21. The third-order valence-electron chi connectivity index (χ3n) is 3.39. The van der Waals surface area contributed by atoms with E-state index in [-0.39, 0.29) is 11.9 Å². The molecule has 0 radical (unpaired) electrons. The predicted molar refractivity (Wildman–Crippen MR) is 77.9 cm³/mol. The zero-order valence-corrected chi connectivity index (χ0v) is 12.1. The van der Waals surface area contributed by atoms with Crippen LogP contribution in [0.2, 0.25) is 5.02 Å². The van der Waals surface area contributed by atoms with E-state index in [4.69, 9.17) is 17.3 Å². The van der Waals surface area contributed by atoms with E-state index in [0.29, 0.717) is 19.0 Å². The second-order valence-electron chi connectivity index (χ2n) is 5.40. The Bertz CT molecular complexity index is 426. The smallest absolute Gasteiger partial charge is 0.223 e. The Morgan fingerprint density at radius 1 is 1.42 bits per heavy atom. The van der Waals surface area contributed by atoms with E-state index in [9.17, 15) is 4.79 Å². The van der Waals surface area contributed by atoms with E-state index in [1.54, 1.807) is 0 Å². The lowest BCUT2D eigenvalue weighted by molar-refractivity contribution is -0.132. The average molecular weight is 281 g/mol. The van der Waals surface area contributed by atoms with Gasteiger partial charge in [0, 0.05) is 30.1 Å². The average Bonchev–Trinajstić information content (AvgIpc) is 3.19. The first-order valence-corrected chi connectivity index (χ1v) is 7.23. The van der Waals surface area contributed by atoms with Gasteiger partial charge in [0.15, 0.2) is 0 Å². The second-order valence-corrected chi connectivity index (χ2v) is 5.83. The van der Waals surface area contributed by atoms with Gasteiger partial charge in [0.25, 0.3) is 0 Å². The van der Waals surface area contributed by atoms with Crippen LogP contribution in [0.4, 0.5) is 0 Å². The Hall–Kier alpha value is -1.06. The van der Waals surface area contributed by atoms with Gasteiger partial charge in [0.1, 0.15) is 0 Å². The molecule has 1 aliphatic rings. The van der Waals surface area contributed by atoms with Crippen molar-refractivity contribution in [3.8, 4) is 0 Å². The molecular weight excluding hydrogens is 260 g/mol. The minimum Gasteiger partial charge on any atom is -0.335 e. The topological polar surface area (TPSA) is 46.3 Å². The molecule has 1 saturated carbocycles. The van der Waals surface area contributed by atoms with E-state index >= 15 is 0 Å². The minimum absolute atomic E-state index is 0.0838. The monoisotopic (exact) mass is 280 g/mol. The van der Waals surface area contributed by atoms with Crippen molar-refractivity contribution < 1.29 is 4.79 Å². The number of amides is 1. The minimum atomic E-state index is 0.0838. The Morgan fingerprint density at radius 3 is 2.58 bits per heavy atom. The highest BCUT2D eigenvalue weighted by molar-refractivity contribution is 6.30. The molecule has 1 atom stereocenters. The van der Waals surface area contributed by atoms with Crippen LogP contribution < -0.4 is 5.73 Å². The molecule has 0 aromatic heterocycles. The standard InChI is InChI=1S/C15H21ClN2O/c1-11(17)2-9-15(19)18(14-7-8-14)10-12-3-5-13(16)6-4-12/h3-6,11,14H,2,7-10,17H2,1H3. The molecule has 2 N–H and O–H groups in total. The van der Waals surface area contributed by atoms with Crippen LogP contribution >= 0.6 is 11.6 Å². The quantitative estimate of drug-likeness (QED) is 0.871. The van der Waals surface area contributed by atoms with Gasteiger partial charge in [-0.2, -0.15) is 0 Å². The molecule has 4 heteroatoms. The number of benzene rings is 1. The van der Waals surface area contributed by atoms with Gasteiger partial charge in [0.2, 0.25) is 5.91 Å². The van der Waals surface area contributed by atoms with Gasteiger partial charge in [-0.3, -0.25) is 4.79 Å². The SMILES string of the molecule is CC(N)CCC(=O)N(Cc1ccc(Cl)cc1)C1CC1. The lowest BCUT2D eigenvalue weighted by atomic mass is 10.1. The highest BCUT2D eigenvalue weighted by Crippen LogP contribution is 2.29. The molecule has 2 rings (SSSR count). The van der Waals surface area contributed by atoms with Crippen molar-refractivity contribution in [1.29, 1.82) is 0 Å². The zero-order chi connectivity index (χ0) is 13.8. The normalized spacial score (nSPS) is 16.2. The predicted octanol–water partition coefficient (Wildman–Crippen LogP) is 2.96. The first-order chi connectivity index (χ1) is 9.06. The van der Waals surface area contributed by atoms with Gasteiger partial charge in [0.05, 0.1) is 0 Å². The number of hydrogen-bond acceptors (Lipinski definition) is 2. The van der Waals surface area contributed by atoms with E-state index in [1.807, 2.05) is 36.1 Å². The van der Waals surface area contributed by atoms with Crippen molar-refractivity contribution in [2.45, 2.75) is 51.2 Å². The Labute approximate surface area is 119 Å². The maximum atomic E-state index is 12.2. The van der Waals surface area contributed by atoms with E-state index in [2.05, 4.69) is 0 Å². The van der Waals surface area contributed by atoms with Crippen molar-refractivity contribution in [2.24, 2.45) is 5.73 Å².